The van der Waals surface area contributed by atoms with Crippen LogP contribution in [0.15, 0.2) is 36.4 Å². The minimum absolute atomic E-state index is 0.538. The highest BCUT2D eigenvalue weighted by Gasteiger charge is 2.13. The zero-order chi connectivity index (χ0) is 15.9. The maximum atomic E-state index is 5.44. The van der Waals surface area contributed by atoms with Crippen LogP contribution < -0.4 is 24.3 Å². The van der Waals surface area contributed by atoms with Crippen LogP contribution in [0.2, 0.25) is 0 Å². The molecule has 0 aliphatic heterocycles. The van der Waals surface area contributed by atoms with E-state index >= 15 is 0 Å². The summed E-state index contributed by atoms with van der Waals surface area (Å²) in [5.74, 6) is 2.89. The minimum Gasteiger partial charge on any atom is -0.496 e. The van der Waals surface area contributed by atoms with Crippen LogP contribution in [-0.4, -0.2) is 28.4 Å². The molecule has 5 nitrogen and oxygen atoms in total. The van der Waals surface area contributed by atoms with Gasteiger partial charge in [-0.2, -0.15) is 0 Å². The van der Waals surface area contributed by atoms with E-state index in [0.717, 1.165) is 17.0 Å². The maximum Gasteiger partial charge on any atom is 0.141 e. The molecule has 0 aromatic heterocycles. The molecular formula is C17H21NO4. The second kappa shape index (κ2) is 7.45. The molecule has 118 valence electrons. The van der Waals surface area contributed by atoms with E-state index < -0.39 is 0 Å². The lowest BCUT2D eigenvalue weighted by Gasteiger charge is -2.17. The predicted molar refractivity (Wildman–Crippen MR) is 86.4 cm³/mol. The number of methoxy groups -OCH3 is 4. The zero-order valence-electron chi connectivity index (χ0n) is 13.3. The van der Waals surface area contributed by atoms with Gasteiger partial charge in [-0.25, -0.2) is 0 Å². The van der Waals surface area contributed by atoms with Crippen LogP contribution in [0, 0.1) is 0 Å². The summed E-state index contributed by atoms with van der Waals surface area (Å²) in [6.07, 6.45) is 0. The summed E-state index contributed by atoms with van der Waals surface area (Å²) >= 11 is 0. The van der Waals surface area contributed by atoms with Gasteiger partial charge in [-0.15, -0.1) is 0 Å². The Morgan fingerprint density at radius 1 is 0.773 bits per heavy atom. The van der Waals surface area contributed by atoms with E-state index in [1.165, 1.54) is 0 Å². The van der Waals surface area contributed by atoms with Crippen molar-refractivity contribution in [3.63, 3.8) is 0 Å². The third-order valence-corrected chi connectivity index (χ3v) is 3.38. The summed E-state index contributed by atoms with van der Waals surface area (Å²) in [6, 6.07) is 11.4. The van der Waals surface area contributed by atoms with Crippen LogP contribution in [0.25, 0.3) is 0 Å². The van der Waals surface area contributed by atoms with Crippen molar-refractivity contribution in [2.75, 3.05) is 33.8 Å². The molecular weight excluding hydrogens is 282 g/mol. The highest BCUT2D eigenvalue weighted by atomic mass is 16.5. The molecule has 0 radical (unpaired) electrons. The Bertz CT molecular complexity index is 603. The third-order valence-electron chi connectivity index (χ3n) is 3.38. The molecule has 2 aromatic carbocycles. The highest BCUT2D eigenvalue weighted by molar-refractivity contribution is 5.58. The first-order valence-corrected chi connectivity index (χ1v) is 6.89. The highest BCUT2D eigenvalue weighted by Crippen LogP contribution is 2.35. The lowest BCUT2D eigenvalue weighted by molar-refractivity contribution is 0.369. The molecule has 0 aliphatic rings. The summed E-state index contributed by atoms with van der Waals surface area (Å²) < 4.78 is 21.5. The summed E-state index contributed by atoms with van der Waals surface area (Å²) in [4.78, 5) is 0. The number of para-hydroxylation sites is 2. The maximum absolute atomic E-state index is 5.44. The van der Waals surface area contributed by atoms with Crippen molar-refractivity contribution in [3.05, 3.63) is 42.0 Å². The standard InChI is InChI=1S/C17H21NO4/c1-19-12-9-16(21-3)13(17(10-12)22-4)11-18-14-7-5-6-8-15(14)20-2/h5-10,18H,11H2,1-4H3. The first-order chi connectivity index (χ1) is 10.7. The van der Waals surface area contributed by atoms with Gasteiger partial charge in [0.1, 0.15) is 23.0 Å². The molecule has 0 atom stereocenters. The lowest BCUT2D eigenvalue weighted by Crippen LogP contribution is -2.05. The van der Waals surface area contributed by atoms with E-state index in [4.69, 9.17) is 18.9 Å². The monoisotopic (exact) mass is 303 g/mol. The van der Waals surface area contributed by atoms with Gasteiger partial charge in [-0.1, -0.05) is 12.1 Å². The number of anilines is 1. The molecule has 22 heavy (non-hydrogen) atoms. The topological polar surface area (TPSA) is 49.0 Å². The van der Waals surface area contributed by atoms with Gasteiger partial charge in [0, 0.05) is 18.7 Å². The Kier molecular flexibility index (Phi) is 5.36. The van der Waals surface area contributed by atoms with Crippen LogP contribution in [-0.2, 0) is 6.54 Å². The zero-order valence-corrected chi connectivity index (χ0v) is 13.3. The largest absolute Gasteiger partial charge is 0.496 e. The van der Waals surface area contributed by atoms with E-state index in [2.05, 4.69) is 5.32 Å². The normalized spacial score (nSPS) is 10.0. The van der Waals surface area contributed by atoms with Crippen molar-refractivity contribution >= 4 is 5.69 Å². The molecule has 5 heteroatoms. The fourth-order valence-electron chi connectivity index (χ4n) is 2.23. The van der Waals surface area contributed by atoms with Gasteiger partial charge in [0.25, 0.3) is 0 Å². The summed E-state index contributed by atoms with van der Waals surface area (Å²) in [6.45, 7) is 0.538. The molecule has 0 bridgehead atoms. The van der Waals surface area contributed by atoms with Gasteiger partial charge < -0.3 is 24.3 Å². The van der Waals surface area contributed by atoms with E-state index in [1.807, 2.05) is 36.4 Å². The fraction of sp³-hybridized carbons (Fsp3) is 0.294. The minimum atomic E-state index is 0.538. The summed E-state index contributed by atoms with van der Waals surface area (Å²) in [5.41, 5.74) is 1.82. The molecule has 0 saturated carbocycles. The van der Waals surface area contributed by atoms with Gasteiger partial charge in [-0.3, -0.25) is 0 Å². The number of nitrogens with one attached hydrogen (secondary N) is 1. The first-order valence-electron chi connectivity index (χ1n) is 6.89. The van der Waals surface area contributed by atoms with Gasteiger partial charge in [-0.05, 0) is 12.1 Å². The van der Waals surface area contributed by atoms with Crippen LogP contribution in [0.3, 0.4) is 0 Å². The molecule has 0 heterocycles. The van der Waals surface area contributed by atoms with Crippen molar-refractivity contribution in [1.29, 1.82) is 0 Å². The van der Waals surface area contributed by atoms with Crippen molar-refractivity contribution in [2.45, 2.75) is 6.54 Å². The third kappa shape index (κ3) is 3.36. The number of rotatable bonds is 7. The number of ether oxygens (including phenoxy) is 4. The molecule has 1 N–H and O–H groups in total. The van der Waals surface area contributed by atoms with Crippen LogP contribution in [0.5, 0.6) is 23.0 Å². The fourth-order valence-corrected chi connectivity index (χ4v) is 2.23. The number of hydrogen-bond donors (Lipinski definition) is 1. The Morgan fingerprint density at radius 3 is 1.91 bits per heavy atom. The summed E-state index contributed by atoms with van der Waals surface area (Å²) in [7, 11) is 6.51. The predicted octanol–water partition coefficient (Wildman–Crippen LogP) is 3.33. The molecule has 0 amide bonds. The molecule has 0 aliphatic carbocycles. The van der Waals surface area contributed by atoms with Gasteiger partial charge >= 0.3 is 0 Å². The summed E-state index contributed by atoms with van der Waals surface area (Å²) in [5, 5.41) is 3.34. The van der Waals surface area contributed by atoms with Crippen molar-refractivity contribution < 1.29 is 18.9 Å². The second-order valence-electron chi connectivity index (χ2n) is 4.56. The lowest BCUT2D eigenvalue weighted by atomic mass is 10.1. The Labute approximate surface area is 130 Å². The van der Waals surface area contributed by atoms with Crippen molar-refractivity contribution in [1.82, 2.24) is 0 Å². The number of hydrogen-bond acceptors (Lipinski definition) is 5. The van der Waals surface area contributed by atoms with E-state index in [0.29, 0.717) is 23.8 Å². The molecule has 0 saturated heterocycles. The second-order valence-corrected chi connectivity index (χ2v) is 4.56. The van der Waals surface area contributed by atoms with E-state index in [-0.39, 0.29) is 0 Å². The SMILES string of the molecule is COc1cc(OC)c(CNc2ccccc2OC)c(OC)c1. The van der Waals surface area contributed by atoms with E-state index in [1.54, 1.807) is 28.4 Å². The van der Waals surface area contributed by atoms with Crippen molar-refractivity contribution in [2.24, 2.45) is 0 Å². The average molecular weight is 303 g/mol. The van der Waals surface area contributed by atoms with Crippen LogP contribution >= 0.6 is 0 Å². The van der Waals surface area contributed by atoms with Crippen LogP contribution in [0.1, 0.15) is 5.56 Å². The van der Waals surface area contributed by atoms with E-state index in [9.17, 15) is 0 Å². The van der Waals surface area contributed by atoms with Gasteiger partial charge in [0.2, 0.25) is 0 Å². The molecule has 0 fully saturated rings. The molecule has 2 rings (SSSR count). The Morgan fingerprint density at radius 2 is 1.36 bits per heavy atom. The van der Waals surface area contributed by atoms with Gasteiger partial charge in [0.15, 0.2) is 0 Å². The van der Waals surface area contributed by atoms with Crippen molar-refractivity contribution in [3.8, 4) is 23.0 Å². The molecule has 0 unspecified atom stereocenters. The quantitative estimate of drug-likeness (QED) is 0.850. The smallest absolute Gasteiger partial charge is 0.141 e. The number of benzene rings is 2. The average Bonchev–Trinajstić information content (AvgIpc) is 2.59. The molecule has 0 spiro atoms. The Hall–Kier alpha value is -2.56. The molecule has 2 aromatic rings. The van der Waals surface area contributed by atoms with Gasteiger partial charge in [0.05, 0.1) is 39.7 Å². The Balaban J connectivity index is 2.28. The first kappa shape index (κ1) is 15.8. The van der Waals surface area contributed by atoms with Crippen LogP contribution in [0.4, 0.5) is 5.69 Å².